The van der Waals surface area contributed by atoms with Gasteiger partial charge in [0.15, 0.2) is 0 Å². The molecule has 0 saturated carbocycles. The number of likely N-dealkylation sites (tertiary alicyclic amines) is 1. The van der Waals surface area contributed by atoms with Crippen LogP contribution in [0.1, 0.15) is 25.3 Å². The molecule has 5 heteroatoms. The lowest BCUT2D eigenvalue weighted by molar-refractivity contribution is -0.136. The second kappa shape index (κ2) is 5.99. The van der Waals surface area contributed by atoms with E-state index in [4.69, 9.17) is 5.73 Å². The van der Waals surface area contributed by atoms with Crippen molar-refractivity contribution in [2.75, 3.05) is 24.5 Å². The maximum Gasteiger partial charge on any atom is 0.242 e. The molecule has 118 valence electrons. The van der Waals surface area contributed by atoms with E-state index in [0.29, 0.717) is 13.1 Å². The minimum atomic E-state index is -0.295. The van der Waals surface area contributed by atoms with Gasteiger partial charge in [0.1, 0.15) is 0 Å². The maximum atomic E-state index is 12.7. The molecule has 1 aromatic rings. The first-order chi connectivity index (χ1) is 10.6. The molecule has 3 rings (SSSR count). The zero-order valence-electron chi connectivity index (χ0n) is 13.0. The van der Waals surface area contributed by atoms with Crippen LogP contribution in [0.3, 0.4) is 0 Å². The molecule has 2 amide bonds. The number of amides is 2. The standard InChI is InChI=1S/C17H23N3O2/c1-12-6-7-14(17(18)22)10-20(12)16(21)11-19-9-8-13-4-2-3-5-15(13)19/h2-5,12,14H,6-11H2,1H3,(H2,18,22)/t12-,14+/m1/s1. The van der Waals surface area contributed by atoms with Gasteiger partial charge in [-0.15, -0.1) is 0 Å². The SMILES string of the molecule is C[C@@H]1CC[C@H](C(N)=O)CN1C(=O)CN1CCc2ccccc21. The summed E-state index contributed by atoms with van der Waals surface area (Å²) < 4.78 is 0. The number of rotatable bonds is 3. The molecule has 0 spiro atoms. The number of hydrogen-bond acceptors (Lipinski definition) is 3. The molecule has 2 atom stereocenters. The Labute approximate surface area is 131 Å². The largest absolute Gasteiger partial charge is 0.369 e. The van der Waals surface area contributed by atoms with Gasteiger partial charge < -0.3 is 15.5 Å². The minimum absolute atomic E-state index is 0.0927. The summed E-state index contributed by atoms with van der Waals surface area (Å²) in [7, 11) is 0. The van der Waals surface area contributed by atoms with Gasteiger partial charge in [-0.3, -0.25) is 9.59 Å². The van der Waals surface area contributed by atoms with Crippen molar-refractivity contribution in [3.05, 3.63) is 29.8 Å². The van der Waals surface area contributed by atoms with Crippen LogP contribution in [-0.2, 0) is 16.0 Å². The number of piperidine rings is 1. The summed E-state index contributed by atoms with van der Waals surface area (Å²) in [5, 5.41) is 0. The zero-order valence-corrected chi connectivity index (χ0v) is 13.0. The van der Waals surface area contributed by atoms with Crippen LogP contribution in [-0.4, -0.2) is 42.4 Å². The highest BCUT2D eigenvalue weighted by Crippen LogP contribution is 2.28. The Hall–Kier alpha value is -2.04. The first-order valence-corrected chi connectivity index (χ1v) is 7.98. The predicted octanol–water partition coefficient (Wildman–Crippen LogP) is 1.16. The molecule has 1 aromatic carbocycles. The topological polar surface area (TPSA) is 66.6 Å². The number of hydrogen-bond donors (Lipinski definition) is 1. The molecule has 5 nitrogen and oxygen atoms in total. The van der Waals surface area contributed by atoms with E-state index in [1.54, 1.807) is 0 Å². The smallest absolute Gasteiger partial charge is 0.242 e. The number of nitrogens with zero attached hydrogens (tertiary/aromatic N) is 2. The highest BCUT2D eigenvalue weighted by Gasteiger charge is 2.32. The molecule has 2 aliphatic rings. The quantitative estimate of drug-likeness (QED) is 0.911. The van der Waals surface area contributed by atoms with E-state index in [2.05, 4.69) is 17.0 Å². The van der Waals surface area contributed by atoms with Crippen LogP contribution < -0.4 is 10.6 Å². The van der Waals surface area contributed by atoms with Crippen molar-refractivity contribution in [3.8, 4) is 0 Å². The molecule has 0 radical (unpaired) electrons. The predicted molar refractivity (Wildman–Crippen MR) is 85.5 cm³/mol. The van der Waals surface area contributed by atoms with Gasteiger partial charge in [-0.1, -0.05) is 18.2 Å². The Morgan fingerprint density at radius 3 is 2.82 bits per heavy atom. The number of fused-ring (bicyclic) bond motifs is 1. The molecule has 0 aromatic heterocycles. The highest BCUT2D eigenvalue weighted by atomic mass is 16.2. The molecule has 22 heavy (non-hydrogen) atoms. The summed E-state index contributed by atoms with van der Waals surface area (Å²) in [6, 6.07) is 8.41. The second-order valence-electron chi connectivity index (χ2n) is 6.37. The lowest BCUT2D eigenvalue weighted by Crippen LogP contribution is -2.51. The van der Waals surface area contributed by atoms with E-state index in [-0.39, 0.29) is 23.8 Å². The Morgan fingerprint density at radius 2 is 2.05 bits per heavy atom. The van der Waals surface area contributed by atoms with E-state index in [9.17, 15) is 9.59 Å². The van der Waals surface area contributed by atoms with Crippen molar-refractivity contribution in [2.45, 2.75) is 32.2 Å². The van der Waals surface area contributed by atoms with Crippen LogP contribution in [0.5, 0.6) is 0 Å². The van der Waals surface area contributed by atoms with Crippen LogP contribution in [0.15, 0.2) is 24.3 Å². The summed E-state index contributed by atoms with van der Waals surface area (Å²) >= 11 is 0. The fourth-order valence-electron chi connectivity index (χ4n) is 3.51. The van der Waals surface area contributed by atoms with Crippen molar-refractivity contribution in [1.29, 1.82) is 0 Å². The Balaban J connectivity index is 1.68. The lowest BCUT2D eigenvalue weighted by atomic mass is 9.93. The molecular weight excluding hydrogens is 278 g/mol. The molecule has 2 heterocycles. The average molecular weight is 301 g/mol. The molecule has 0 bridgehead atoms. The van der Waals surface area contributed by atoms with Gasteiger partial charge in [-0.2, -0.15) is 0 Å². The van der Waals surface area contributed by atoms with Gasteiger partial charge in [0.25, 0.3) is 0 Å². The zero-order chi connectivity index (χ0) is 15.7. The van der Waals surface area contributed by atoms with Crippen molar-refractivity contribution < 1.29 is 9.59 Å². The van der Waals surface area contributed by atoms with Gasteiger partial charge in [-0.25, -0.2) is 0 Å². The third-order valence-electron chi connectivity index (χ3n) is 4.91. The van der Waals surface area contributed by atoms with Crippen molar-refractivity contribution in [3.63, 3.8) is 0 Å². The molecule has 2 N–H and O–H groups in total. The van der Waals surface area contributed by atoms with Gasteiger partial charge >= 0.3 is 0 Å². The molecule has 0 aliphatic carbocycles. The molecule has 2 aliphatic heterocycles. The first kappa shape index (κ1) is 14.9. The monoisotopic (exact) mass is 301 g/mol. The van der Waals surface area contributed by atoms with E-state index < -0.39 is 0 Å². The van der Waals surface area contributed by atoms with Crippen LogP contribution >= 0.6 is 0 Å². The van der Waals surface area contributed by atoms with Gasteiger partial charge in [-0.05, 0) is 37.8 Å². The van der Waals surface area contributed by atoms with Crippen LogP contribution in [0, 0.1) is 5.92 Å². The Morgan fingerprint density at radius 1 is 1.27 bits per heavy atom. The molecule has 0 unspecified atom stereocenters. The molecule has 1 saturated heterocycles. The summed E-state index contributed by atoms with van der Waals surface area (Å²) in [6.07, 6.45) is 2.62. The highest BCUT2D eigenvalue weighted by molar-refractivity contribution is 5.84. The fraction of sp³-hybridized carbons (Fsp3) is 0.529. The number of benzene rings is 1. The van der Waals surface area contributed by atoms with E-state index in [1.165, 1.54) is 5.56 Å². The van der Waals surface area contributed by atoms with Crippen molar-refractivity contribution in [2.24, 2.45) is 11.7 Å². The number of para-hydroxylation sites is 1. The summed E-state index contributed by atoms with van der Waals surface area (Å²) in [6.45, 7) is 3.78. The maximum absolute atomic E-state index is 12.7. The van der Waals surface area contributed by atoms with Crippen molar-refractivity contribution >= 4 is 17.5 Å². The van der Waals surface area contributed by atoms with E-state index in [0.717, 1.165) is 31.5 Å². The van der Waals surface area contributed by atoms with Crippen molar-refractivity contribution in [1.82, 2.24) is 4.90 Å². The van der Waals surface area contributed by atoms with Gasteiger partial charge in [0.05, 0.1) is 12.5 Å². The van der Waals surface area contributed by atoms with Gasteiger partial charge in [0.2, 0.25) is 11.8 Å². The normalized spacial score (nSPS) is 24.2. The third kappa shape index (κ3) is 2.80. The average Bonchev–Trinajstić information content (AvgIpc) is 2.90. The number of nitrogens with two attached hydrogens (primary N) is 1. The van der Waals surface area contributed by atoms with Gasteiger partial charge in [0, 0.05) is 24.8 Å². The van der Waals surface area contributed by atoms with Crippen LogP contribution in [0.4, 0.5) is 5.69 Å². The van der Waals surface area contributed by atoms with Crippen LogP contribution in [0.25, 0.3) is 0 Å². The van der Waals surface area contributed by atoms with Crippen LogP contribution in [0.2, 0.25) is 0 Å². The molecule has 1 fully saturated rings. The lowest BCUT2D eigenvalue weighted by Gasteiger charge is -2.38. The Bertz CT molecular complexity index is 587. The summed E-state index contributed by atoms with van der Waals surface area (Å²) in [5.41, 5.74) is 7.88. The number of carbonyl (C=O) groups is 2. The summed E-state index contributed by atoms with van der Waals surface area (Å²) in [4.78, 5) is 28.1. The molecular formula is C17H23N3O2. The fourth-order valence-corrected chi connectivity index (χ4v) is 3.51. The first-order valence-electron chi connectivity index (χ1n) is 7.98. The number of carbonyl (C=O) groups excluding carboxylic acids is 2. The minimum Gasteiger partial charge on any atom is -0.369 e. The van der Waals surface area contributed by atoms with E-state index in [1.807, 2.05) is 24.0 Å². The third-order valence-corrected chi connectivity index (χ3v) is 4.91. The number of anilines is 1. The Kier molecular flexibility index (Phi) is 4.05. The second-order valence-corrected chi connectivity index (χ2v) is 6.37. The number of primary amides is 1. The van der Waals surface area contributed by atoms with E-state index >= 15 is 0 Å². The summed E-state index contributed by atoms with van der Waals surface area (Å²) in [5.74, 6) is -0.405.